The molecule has 4 rings (SSSR count). The molecule has 6 nitrogen and oxygen atoms in total. The lowest BCUT2D eigenvalue weighted by Crippen LogP contribution is -2.50. The van der Waals surface area contributed by atoms with Crippen molar-refractivity contribution in [1.29, 1.82) is 0 Å². The zero-order valence-corrected chi connectivity index (χ0v) is 19.6. The molecule has 0 aromatic heterocycles. The second kappa shape index (κ2) is 10.5. The fraction of sp³-hybridized carbons (Fsp3) is 0.462. The van der Waals surface area contributed by atoms with Gasteiger partial charge in [-0.25, -0.2) is 13.2 Å². The molecule has 0 radical (unpaired) electrons. The molecule has 0 bridgehead atoms. The molecule has 1 atom stereocenters. The van der Waals surface area contributed by atoms with Crippen molar-refractivity contribution in [3.05, 3.63) is 71.3 Å². The van der Waals surface area contributed by atoms with Gasteiger partial charge in [0, 0.05) is 12.1 Å². The van der Waals surface area contributed by atoms with E-state index in [-0.39, 0.29) is 36.1 Å². The van der Waals surface area contributed by atoms with E-state index in [0.717, 1.165) is 43.2 Å². The number of esters is 1. The van der Waals surface area contributed by atoms with Crippen LogP contribution < -0.4 is 0 Å². The molecule has 1 unspecified atom stereocenters. The van der Waals surface area contributed by atoms with Gasteiger partial charge in [-0.2, -0.15) is 0 Å². The fourth-order valence-corrected chi connectivity index (χ4v) is 6.74. The molecular formula is C26H31NO5S. The summed E-state index contributed by atoms with van der Waals surface area (Å²) in [4.78, 5) is 27.8. The molecule has 0 N–H and O–H groups in total. The lowest BCUT2D eigenvalue weighted by molar-refractivity contribution is -0.140. The van der Waals surface area contributed by atoms with Crippen molar-refractivity contribution >= 4 is 21.7 Å². The number of ether oxygens (including phenoxy) is 1. The fourth-order valence-electron chi connectivity index (χ4n) is 5.03. The van der Waals surface area contributed by atoms with Crippen LogP contribution in [0.5, 0.6) is 0 Å². The van der Waals surface area contributed by atoms with E-state index >= 15 is 0 Å². The van der Waals surface area contributed by atoms with Crippen LogP contribution in [0.3, 0.4) is 0 Å². The van der Waals surface area contributed by atoms with E-state index in [0.29, 0.717) is 18.4 Å². The number of carbonyl (C=O) groups is 2. The molecule has 1 aliphatic heterocycles. The highest BCUT2D eigenvalue weighted by molar-refractivity contribution is 7.91. The van der Waals surface area contributed by atoms with Gasteiger partial charge in [-0.3, -0.25) is 4.79 Å². The Bertz CT molecular complexity index is 1080. The molecule has 176 valence electrons. The van der Waals surface area contributed by atoms with Crippen molar-refractivity contribution < 1.29 is 22.7 Å². The van der Waals surface area contributed by atoms with E-state index in [2.05, 4.69) is 0 Å². The smallest absolute Gasteiger partial charge is 0.338 e. The topological polar surface area (TPSA) is 80.8 Å². The van der Waals surface area contributed by atoms with Crippen LogP contribution in [-0.4, -0.2) is 55.4 Å². The molecule has 1 saturated carbocycles. The van der Waals surface area contributed by atoms with E-state index in [9.17, 15) is 18.0 Å². The Kier molecular flexibility index (Phi) is 7.48. The predicted octanol–water partition coefficient (Wildman–Crippen LogP) is 3.78. The van der Waals surface area contributed by atoms with Crippen LogP contribution in [0.25, 0.3) is 0 Å². The molecule has 1 amide bonds. The van der Waals surface area contributed by atoms with Gasteiger partial charge in [0.05, 0.1) is 17.1 Å². The van der Waals surface area contributed by atoms with Crippen molar-refractivity contribution in [3.63, 3.8) is 0 Å². The standard InChI is InChI=1S/C26H31NO5S/c28-25(27(22-12-5-2-6-13-22)23-15-16-33(30,31)19-23)18-32-26(29)24-14-8-7-11-21(24)17-20-9-3-1-4-10-20/h1,3-4,7-11,14,22-23H,2,5-6,12-13,15-19H2. The Hall–Kier alpha value is -2.67. The van der Waals surface area contributed by atoms with Crippen molar-refractivity contribution in [2.45, 2.75) is 57.0 Å². The minimum Gasteiger partial charge on any atom is -0.452 e. The maximum atomic E-state index is 13.2. The molecule has 7 heteroatoms. The first-order chi connectivity index (χ1) is 15.9. The van der Waals surface area contributed by atoms with E-state index in [1.165, 1.54) is 0 Å². The van der Waals surface area contributed by atoms with Gasteiger partial charge in [0.2, 0.25) is 0 Å². The zero-order chi connectivity index (χ0) is 23.3. The normalized spacial score (nSPS) is 20.3. The molecule has 1 aliphatic carbocycles. The third-order valence-electron chi connectivity index (χ3n) is 6.66. The number of sulfone groups is 1. The van der Waals surface area contributed by atoms with Crippen LogP contribution in [-0.2, 0) is 25.8 Å². The van der Waals surface area contributed by atoms with Crippen molar-refractivity contribution in [1.82, 2.24) is 4.90 Å². The number of nitrogens with zero attached hydrogens (tertiary/aromatic N) is 1. The van der Waals surface area contributed by atoms with E-state index in [1.54, 1.807) is 17.0 Å². The first-order valence-electron chi connectivity index (χ1n) is 11.7. The number of amides is 1. The van der Waals surface area contributed by atoms with Gasteiger partial charge in [0.1, 0.15) is 0 Å². The van der Waals surface area contributed by atoms with E-state index in [4.69, 9.17) is 4.74 Å². The van der Waals surface area contributed by atoms with Crippen LogP contribution in [0, 0.1) is 0 Å². The van der Waals surface area contributed by atoms with Crippen LogP contribution in [0.2, 0.25) is 0 Å². The quantitative estimate of drug-likeness (QED) is 0.577. The Morgan fingerprint density at radius 3 is 2.27 bits per heavy atom. The Balaban J connectivity index is 1.45. The average molecular weight is 470 g/mol. The maximum Gasteiger partial charge on any atom is 0.338 e. The van der Waals surface area contributed by atoms with Gasteiger partial charge in [0.25, 0.3) is 5.91 Å². The van der Waals surface area contributed by atoms with Gasteiger partial charge in [-0.05, 0) is 42.9 Å². The summed E-state index contributed by atoms with van der Waals surface area (Å²) in [5.41, 5.74) is 2.37. The van der Waals surface area contributed by atoms with Gasteiger partial charge in [0.15, 0.2) is 16.4 Å². The summed E-state index contributed by atoms with van der Waals surface area (Å²) in [5, 5.41) is 0. The van der Waals surface area contributed by atoms with Crippen LogP contribution in [0.15, 0.2) is 54.6 Å². The summed E-state index contributed by atoms with van der Waals surface area (Å²) in [6, 6.07) is 16.8. The molecule has 1 heterocycles. The number of carbonyl (C=O) groups excluding carboxylic acids is 2. The van der Waals surface area contributed by atoms with Gasteiger partial charge in [-0.15, -0.1) is 0 Å². The summed E-state index contributed by atoms with van der Waals surface area (Å²) in [6.07, 6.45) is 5.98. The monoisotopic (exact) mass is 469 g/mol. The zero-order valence-electron chi connectivity index (χ0n) is 18.8. The third kappa shape index (κ3) is 6.02. The van der Waals surface area contributed by atoms with Gasteiger partial charge >= 0.3 is 5.97 Å². The Morgan fingerprint density at radius 1 is 0.879 bits per heavy atom. The van der Waals surface area contributed by atoms with Crippen LogP contribution in [0.4, 0.5) is 0 Å². The van der Waals surface area contributed by atoms with Gasteiger partial charge in [-0.1, -0.05) is 67.8 Å². The summed E-state index contributed by atoms with van der Waals surface area (Å²) >= 11 is 0. The molecule has 2 aromatic rings. The summed E-state index contributed by atoms with van der Waals surface area (Å²) < 4.78 is 29.6. The highest BCUT2D eigenvalue weighted by Crippen LogP contribution is 2.28. The number of rotatable bonds is 7. The lowest BCUT2D eigenvalue weighted by Gasteiger charge is -2.38. The largest absolute Gasteiger partial charge is 0.452 e. The van der Waals surface area contributed by atoms with Crippen LogP contribution >= 0.6 is 0 Å². The highest BCUT2D eigenvalue weighted by atomic mass is 32.2. The summed E-state index contributed by atoms with van der Waals surface area (Å²) in [5.74, 6) is -0.709. The number of hydrogen-bond acceptors (Lipinski definition) is 5. The molecule has 33 heavy (non-hydrogen) atoms. The van der Waals surface area contributed by atoms with Crippen molar-refractivity contribution in [2.75, 3.05) is 18.1 Å². The summed E-state index contributed by atoms with van der Waals surface area (Å²) in [7, 11) is -3.12. The average Bonchev–Trinajstić information content (AvgIpc) is 3.18. The maximum absolute atomic E-state index is 13.2. The van der Waals surface area contributed by atoms with E-state index in [1.807, 2.05) is 42.5 Å². The minimum atomic E-state index is -3.12. The summed E-state index contributed by atoms with van der Waals surface area (Å²) in [6.45, 7) is -0.369. The van der Waals surface area contributed by atoms with E-state index < -0.39 is 15.8 Å². The molecule has 0 spiro atoms. The van der Waals surface area contributed by atoms with Gasteiger partial charge < -0.3 is 9.64 Å². The molecule has 2 aromatic carbocycles. The predicted molar refractivity (Wildman–Crippen MR) is 127 cm³/mol. The first-order valence-corrected chi connectivity index (χ1v) is 13.6. The molecule has 2 fully saturated rings. The Morgan fingerprint density at radius 2 is 1.58 bits per heavy atom. The first kappa shape index (κ1) is 23.5. The van der Waals surface area contributed by atoms with Crippen LogP contribution in [0.1, 0.15) is 60.0 Å². The second-order valence-electron chi connectivity index (χ2n) is 9.05. The SMILES string of the molecule is O=C(OCC(=O)N(C1CCCCC1)C1CCS(=O)(=O)C1)c1ccccc1Cc1ccccc1. The van der Waals surface area contributed by atoms with Crippen molar-refractivity contribution in [2.24, 2.45) is 0 Å². The molecule has 2 aliphatic rings. The highest BCUT2D eigenvalue weighted by Gasteiger charge is 2.38. The molecular weight excluding hydrogens is 438 g/mol. The van der Waals surface area contributed by atoms with Crippen molar-refractivity contribution in [3.8, 4) is 0 Å². The molecule has 1 saturated heterocycles. The Labute approximate surface area is 195 Å². The minimum absolute atomic E-state index is 0.00307. The third-order valence-corrected chi connectivity index (χ3v) is 8.41. The lowest BCUT2D eigenvalue weighted by atomic mass is 9.93. The second-order valence-corrected chi connectivity index (χ2v) is 11.3. The number of benzene rings is 2. The number of hydrogen-bond donors (Lipinski definition) is 0.